The van der Waals surface area contributed by atoms with E-state index in [0.29, 0.717) is 24.0 Å². The monoisotopic (exact) mass is 280 g/mol. The third-order valence-corrected chi connectivity index (χ3v) is 4.17. The summed E-state index contributed by atoms with van der Waals surface area (Å²) in [6, 6.07) is 7.27. The molecule has 2 N–H and O–H groups in total. The number of rotatable bonds is 4. The van der Waals surface area contributed by atoms with Gasteiger partial charge in [0.25, 0.3) is 0 Å². The Labute approximate surface area is 118 Å². The molecule has 1 amide bonds. The van der Waals surface area contributed by atoms with E-state index in [-0.39, 0.29) is 5.91 Å². The van der Waals surface area contributed by atoms with Crippen LogP contribution in [0.3, 0.4) is 0 Å². The number of anilines is 1. The molecule has 0 saturated carbocycles. The summed E-state index contributed by atoms with van der Waals surface area (Å²) in [5.41, 5.74) is 6.34. The van der Waals surface area contributed by atoms with Gasteiger partial charge in [-0.15, -0.1) is 0 Å². The van der Waals surface area contributed by atoms with Gasteiger partial charge in [0.2, 0.25) is 5.91 Å². The highest BCUT2D eigenvalue weighted by atomic mass is 32.2. The van der Waals surface area contributed by atoms with Gasteiger partial charge in [0.15, 0.2) is 0 Å². The van der Waals surface area contributed by atoms with E-state index in [1.165, 1.54) is 0 Å². The molecule has 2 rings (SSSR count). The Kier molecular flexibility index (Phi) is 4.96. The predicted molar refractivity (Wildman–Crippen MR) is 79.5 cm³/mol. The van der Waals surface area contributed by atoms with Crippen LogP contribution >= 0.6 is 11.8 Å². The fourth-order valence-corrected chi connectivity index (χ4v) is 3.08. The average Bonchev–Trinajstić information content (AvgIpc) is 2.38. The largest absolute Gasteiger partial charge is 0.493 e. The normalized spacial score (nSPS) is 19.2. The average molecular weight is 280 g/mol. The Morgan fingerprint density at radius 3 is 3.16 bits per heavy atom. The van der Waals surface area contributed by atoms with Crippen LogP contribution in [0.25, 0.3) is 0 Å². The van der Waals surface area contributed by atoms with Gasteiger partial charge in [-0.25, -0.2) is 0 Å². The third kappa shape index (κ3) is 4.35. The van der Waals surface area contributed by atoms with Gasteiger partial charge in [-0.3, -0.25) is 4.79 Å². The van der Waals surface area contributed by atoms with Crippen LogP contribution in [-0.2, 0) is 4.79 Å². The molecule has 1 aliphatic rings. The first kappa shape index (κ1) is 14.1. The summed E-state index contributed by atoms with van der Waals surface area (Å²) in [5.74, 6) is 1.93. The molecule has 1 heterocycles. The molecule has 5 heteroatoms. The lowest BCUT2D eigenvalue weighted by molar-refractivity contribution is -0.131. The second kappa shape index (κ2) is 6.70. The van der Waals surface area contributed by atoms with Crippen molar-refractivity contribution in [3.63, 3.8) is 0 Å². The van der Waals surface area contributed by atoms with Gasteiger partial charge < -0.3 is 15.4 Å². The molecule has 0 spiro atoms. The zero-order valence-corrected chi connectivity index (χ0v) is 12.0. The summed E-state index contributed by atoms with van der Waals surface area (Å²) in [4.78, 5) is 13.9. The van der Waals surface area contributed by atoms with Gasteiger partial charge in [-0.2, -0.15) is 11.8 Å². The molecule has 4 nitrogen and oxygen atoms in total. The van der Waals surface area contributed by atoms with Crippen molar-refractivity contribution in [3.05, 3.63) is 24.3 Å². The molecule has 1 aromatic carbocycles. The number of carbonyl (C=O) groups excluding carboxylic acids is 1. The smallest absolute Gasteiger partial charge is 0.226 e. The Morgan fingerprint density at radius 2 is 2.42 bits per heavy atom. The molecule has 1 fully saturated rings. The van der Waals surface area contributed by atoms with Crippen molar-refractivity contribution in [2.45, 2.75) is 18.6 Å². The molecule has 1 aromatic rings. The zero-order chi connectivity index (χ0) is 13.7. The van der Waals surface area contributed by atoms with Crippen LogP contribution in [0.15, 0.2) is 24.3 Å². The van der Waals surface area contributed by atoms with E-state index in [0.717, 1.165) is 24.6 Å². The second-order valence-electron chi connectivity index (χ2n) is 4.69. The minimum Gasteiger partial charge on any atom is -0.493 e. The maximum Gasteiger partial charge on any atom is 0.226 e. The van der Waals surface area contributed by atoms with E-state index in [9.17, 15) is 4.79 Å². The number of nitrogen functional groups attached to an aromatic ring is 1. The predicted octanol–water partition coefficient (Wildman–Crippen LogP) is 2.00. The van der Waals surface area contributed by atoms with Gasteiger partial charge in [-0.05, 0) is 12.1 Å². The number of carbonyl (C=O) groups is 1. The van der Waals surface area contributed by atoms with E-state index in [1.54, 1.807) is 6.07 Å². The lowest BCUT2D eigenvalue weighted by Gasteiger charge is -2.30. The Hall–Kier alpha value is -1.36. The van der Waals surface area contributed by atoms with Gasteiger partial charge in [0, 0.05) is 35.8 Å². The lowest BCUT2D eigenvalue weighted by Crippen LogP contribution is -2.41. The molecule has 0 radical (unpaired) electrons. The van der Waals surface area contributed by atoms with Crippen LogP contribution in [0.2, 0.25) is 0 Å². The zero-order valence-electron chi connectivity index (χ0n) is 11.2. The van der Waals surface area contributed by atoms with Crippen molar-refractivity contribution in [1.82, 2.24) is 4.90 Å². The molecule has 19 heavy (non-hydrogen) atoms. The highest BCUT2D eigenvalue weighted by Gasteiger charge is 2.20. The van der Waals surface area contributed by atoms with E-state index in [4.69, 9.17) is 10.5 Å². The van der Waals surface area contributed by atoms with Crippen LogP contribution in [0, 0.1) is 0 Å². The molecular weight excluding hydrogens is 260 g/mol. The molecule has 1 saturated heterocycles. The molecule has 1 unspecified atom stereocenters. The number of amides is 1. The standard InChI is InChI=1S/C14H20N2O2S/c1-11-10-16(6-8-19-11)14(17)5-7-18-13-4-2-3-12(15)9-13/h2-4,9,11H,5-8,10,15H2,1H3. The molecule has 1 atom stereocenters. The van der Waals surface area contributed by atoms with Crippen LogP contribution in [-0.4, -0.2) is 41.5 Å². The Morgan fingerprint density at radius 1 is 1.58 bits per heavy atom. The van der Waals surface area contributed by atoms with Crippen molar-refractivity contribution in [3.8, 4) is 5.75 Å². The van der Waals surface area contributed by atoms with Crippen LogP contribution in [0.4, 0.5) is 5.69 Å². The van der Waals surface area contributed by atoms with Gasteiger partial charge >= 0.3 is 0 Å². The van der Waals surface area contributed by atoms with Crippen LogP contribution < -0.4 is 10.5 Å². The summed E-state index contributed by atoms with van der Waals surface area (Å²) in [5, 5.41) is 0.535. The van der Waals surface area contributed by atoms with Crippen molar-refractivity contribution < 1.29 is 9.53 Å². The van der Waals surface area contributed by atoms with E-state index < -0.39 is 0 Å². The number of thioether (sulfide) groups is 1. The van der Waals surface area contributed by atoms with Crippen molar-refractivity contribution in [1.29, 1.82) is 0 Å². The maximum absolute atomic E-state index is 12.0. The quantitative estimate of drug-likeness (QED) is 0.857. The molecule has 104 valence electrons. The number of hydrogen-bond donors (Lipinski definition) is 1. The van der Waals surface area contributed by atoms with Crippen molar-refractivity contribution >= 4 is 23.4 Å². The highest BCUT2D eigenvalue weighted by Crippen LogP contribution is 2.18. The Bertz CT molecular complexity index is 439. The van der Waals surface area contributed by atoms with Gasteiger partial charge in [-0.1, -0.05) is 13.0 Å². The summed E-state index contributed by atoms with van der Waals surface area (Å²) in [6.45, 7) is 4.27. The molecule has 1 aliphatic heterocycles. The highest BCUT2D eigenvalue weighted by molar-refractivity contribution is 7.99. The first-order valence-electron chi connectivity index (χ1n) is 6.53. The number of hydrogen-bond acceptors (Lipinski definition) is 4. The lowest BCUT2D eigenvalue weighted by atomic mass is 10.3. The Balaban J connectivity index is 1.74. The van der Waals surface area contributed by atoms with Gasteiger partial charge in [0.05, 0.1) is 13.0 Å². The molecule has 0 aliphatic carbocycles. The van der Waals surface area contributed by atoms with Crippen LogP contribution in [0.1, 0.15) is 13.3 Å². The number of nitrogens with zero attached hydrogens (tertiary/aromatic N) is 1. The van der Waals surface area contributed by atoms with E-state index >= 15 is 0 Å². The summed E-state index contributed by atoms with van der Waals surface area (Å²) >= 11 is 1.92. The van der Waals surface area contributed by atoms with Crippen molar-refractivity contribution in [2.75, 3.05) is 31.2 Å². The topological polar surface area (TPSA) is 55.6 Å². The number of ether oxygens (including phenoxy) is 1. The first-order valence-corrected chi connectivity index (χ1v) is 7.58. The first-order chi connectivity index (χ1) is 9.15. The molecular formula is C14H20N2O2S. The SMILES string of the molecule is CC1CN(C(=O)CCOc2cccc(N)c2)CCS1. The van der Waals surface area contributed by atoms with Crippen molar-refractivity contribution in [2.24, 2.45) is 0 Å². The minimum atomic E-state index is 0.177. The van der Waals surface area contributed by atoms with Gasteiger partial charge in [0.1, 0.15) is 5.75 Å². The fourth-order valence-electron chi connectivity index (χ4n) is 2.06. The number of nitrogens with two attached hydrogens (primary N) is 1. The number of benzene rings is 1. The summed E-state index contributed by atoms with van der Waals surface area (Å²) in [6.07, 6.45) is 0.423. The second-order valence-corrected chi connectivity index (χ2v) is 6.24. The molecule has 0 aromatic heterocycles. The third-order valence-electron chi connectivity index (χ3n) is 3.04. The van der Waals surface area contributed by atoms with E-state index in [2.05, 4.69) is 6.92 Å². The fraction of sp³-hybridized carbons (Fsp3) is 0.500. The molecule has 0 bridgehead atoms. The minimum absolute atomic E-state index is 0.177. The summed E-state index contributed by atoms with van der Waals surface area (Å²) < 4.78 is 5.54. The maximum atomic E-state index is 12.0. The van der Waals surface area contributed by atoms with Crippen LogP contribution in [0.5, 0.6) is 5.75 Å². The summed E-state index contributed by atoms with van der Waals surface area (Å²) in [7, 11) is 0. The van der Waals surface area contributed by atoms with E-state index in [1.807, 2.05) is 34.9 Å².